The third kappa shape index (κ3) is 2.74. The first-order valence-electron chi connectivity index (χ1n) is 6.08. The second-order valence-corrected chi connectivity index (χ2v) is 5.16. The van der Waals surface area contributed by atoms with Gasteiger partial charge >= 0.3 is 5.97 Å². The number of methoxy groups -OCH3 is 1. The van der Waals surface area contributed by atoms with E-state index in [1.54, 1.807) is 0 Å². The minimum atomic E-state index is -0.118. The van der Waals surface area contributed by atoms with Crippen molar-refractivity contribution in [3.05, 3.63) is 0 Å². The smallest absolute Gasteiger partial charge is 0.323 e. The normalized spacial score (nSPS) is 26.1. The molecule has 0 spiro atoms. The standard InChI is InChI=1S/C12H21NO3/c1-12(5-7-16-8-6-12)13-10(9-3-4-9)11(14)15-2/h9-10,13H,3-8H2,1-2H3. The summed E-state index contributed by atoms with van der Waals surface area (Å²) in [5.41, 5.74) is 0.0275. The summed E-state index contributed by atoms with van der Waals surface area (Å²) >= 11 is 0. The lowest BCUT2D eigenvalue weighted by molar-refractivity contribution is -0.144. The number of hydrogen-bond donors (Lipinski definition) is 1. The number of carbonyl (C=O) groups excluding carboxylic acids is 1. The Hall–Kier alpha value is -0.610. The molecule has 0 amide bonds. The minimum Gasteiger partial charge on any atom is -0.468 e. The van der Waals surface area contributed by atoms with E-state index in [2.05, 4.69) is 12.2 Å². The fourth-order valence-corrected chi connectivity index (χ4v) is 2.27. The Labute approximate surface area is 96.7 Å². The van der Waals surface area contributed by atoms with Crippen molar-refractivity contribution < 1.29 is 14.3 Å². The lowest BCUT2D eigenvalue weighted by Gasteiger charge is -2.37. The van der Waals surface area contributed by atoms with Crippen LogP contribution in [0.1, 0.15) is 32.6 Å². The molecule has 1 saturated heterocycles. The molecule has 0 aromatic carbocycles. The quantitative estimate of drug-likeness (QED) is 0.731. The highest BCUT2D eigenvalue weighted by Gasteiger charge is 2.41. The molecule has 4 heteroatoms. The van der Waals surface area contributed by atoms with Gasteiger partial charge in [0.05, 0.1) is 7.11 Å². The van der Waals surface area contributed by atoms with E-state index in [1.165, 1.54) is 7.11 Å². The first-order chi connectivity index (χ1) is 7.64. The molecule has 2 fully saturated rings. The van der Waals surface area contributed by atoms with E-state index >= 15 is 0 Å². The van der Waals surface area contributed by atoms with Crippen LogP contribution < -0.4 is 5.32 Å². The summed E-state index contributed by atoms with van der Waals surface area (Å²) < 4.78 is 10.2. The Morgan fingerprint density at radius 3 is 2.56 bits per heavy atom. The summed E-state index contributed by atoms with van der Waals surface area (Å²) in [5, 5.41) is 3.49. The molecule has 2 rings (SSSR count). The predicted octanol–water partition coefficient (Wildman–Crippen LogP) is 1.10. The molecule has 0 bridgehead atoms. The van der Waals surface area contributed by atoms with Gasteiger partial charge < -0.3 is 9.47 Å². The molecule has 0 aromatic rings. The van der Waals surface area contributed by atoms with Crippen molar-refractivity contribution in [1.29, 1.82) is 0 Å². The zero-order valence-corrected chi connectivity index (χ0v) is 10.1. The topological polar surface area (TPSA) is 47.6 Å². The molecule has 16 heavy (non-hydrogen) atoms. The van der Waals surface area contributed by atoms with E-state index in [0.29, 0.717) is 5.92 Å². The Kier molecular flexibility index (Phi) is 3.50. The summed E-state index contributed by atoms with van der Waals surface area (Å²) in [4.78, 5) is 11.7. The van der Waals surface area contributed by atoms with Crippen LogP contribution in [-0.2, 0) is 14.3 Å². The molecule has 0 radical (unpaired) electrons. The molecule has 1 atom stereocenters. The van der Waals surface area contributed by atoms with E-state index in [-0.39, 0.29) is 17.6 Å². The zero-order chi connectivity index (χ0) is 11.6. The van der Waals surface area contributed by atoms with E-state index in [1.807, 2.05) is 0 Å². The van der Waals surface area contributed by atoms with Gasteiger partial charge in [0, 0.05) is 18.8 Å². The van der Waals surface area contributed by atoms with Crippen LogP contribution in [0.25, 0.3) is 0 Å². The molecular weight excluding hydrogens is 206 g/mol. The third-order valence-corrected chi connectivity index (χ3v) is 3.65. The Balaban J connectivity index is 1.95. The van der Waals surface area contributed by atoms with Gasteiger partial charge in [-0.15, -0.1) is 0 Å². The number of nitrogens with one attached hydrogen (secondary N) is 1. The number of rotatable bonds is 4. The van der Waals surface area contributed by atoms with Crippen LogP contribution in [0.15, 0.2) is 0 Å². The first-order valence-corrected chi connectivity index (χ1v) is 6.08. The molecule has 92 valence electrons. The number of esters is 1. The molecule has 1 N–H and O–H groups in total. The van der Waals surface area contributed by atoms with Crippen LogP contribution >= 0.6 is 0 Å². The lowest BCUT2D eigenvalue weighted by atomic mass is 9.91. The van der Waals surface area contributed by atoms with Gasteiger partial charge in [0.15, 0.2) is 0 Å². The van der Waals surface area contributed by atoms with Crippen LogP contribution in [0.2, 0.25) is 0 Å². The molecule has 1 aliphatic carbocycles. The maximum atomic E-state index is 11.7. The second-order valence-electron chi connectivity index (χ2n) is 5.16. The average molecular weight is 227 g/mol. The van der Waals surface area contributed by atoms with Crippen molar-refractivity contribution in [2.24, 2.45) is 5.92 Å². The minimum absolute atomic E-state index is 0.0275. The fraction of sp³-hybridized carbons (Fsp3) is 0.917. The Bertz CT molecular complexity index is 257. The Morgan fingerprint density at radius 2 is 2.06 bits per heavy atom. The summed E-state index contributed by atoms with van der Waals surface area (Å²) in [6.07, 6.45) is 4.21. The van der Waals surface area contributed by atoms with Crippen molar-refractivity contribution in [3.63, 3.8) is 0 Å². The van der Waals surface area contributed by atoms with Gasteiger partial charge in [0.1, 0.15) is 6.04 Å². The number of carbonyl (C=O) groups is 1. The fourth-order valence-electron chi connectivity index (χ4n) is 2.27. The van der Waals surface area contributed by atoms with Crippen molar-refractivity contribution >= 4 is 5.97 Å². The molecule has 0 aromatic heterocycles. The summed E-state index contributed by atoms with van der Waals surface area (Å²) in [6, 6.07) is -0.118. The van der Waals surface area contributed by atoms with Gasteiger partial charge in [-0.3, -0.25) is 10.1 Å². The van der Waals surface area contributed by atoms with Crippen LogP contribution in [0.4, 0.5) is 0 Å². The van der Waals surface area contributed by atoms with Gasteiger partial charge in [0.2, 0.25) is 0 Å². The van der Waals surface area contributed by atoms with Gasteiger partial charge in [-0.05, 0) is 38.5 Å². The average Bonchev–Trinajstić information content (AvgIpc) is 3.10. The highest BCUT2D eigenvalue weighted by atomic mass is 16.5. The number of ether oxygens (including phenoxy) is 2. The zero-order valence-electron chi connectivity index (χ0n) is 10.1. The third-order valence-electron chi connectivity index (χ3n) is 3.65. The molecule has 1 heterocycles. The van der Waals surface area contributed by atoms with Gasteiger partial charge in [0.25, 0.3) is 0 Å². The van der Waals surface area contributed by atoms with Crippen molar-refractivity contribution in [2.45, 2.75) is 44.2 Å². The highest BCUT2D eigenvalue weighted by Crippen LogP contribution is 2.35. The molecule has 4 nitrogen and oxygen atoms in total. The maximum absolute atomic E-state index is 11.7. The van der Waals surface area contributed by atoms with Crippen LogP contribution in [0, 0.1) is 5.92 Å². The van der Waals surface area contributed by atoms with E-state index < -0.39 is 0 Å². The van der Waals surface area contributed by atoms with Gasteiger partial charge in [-0.2, -0.15) is 0 Å². The monoisotopic (exact) mass is 227 g/mol. The van der Waals surface area contributed by atoms with Crippen LogP contribution in [0.5, 0.6) is 0 Å². The second kappa shape index (κ2) is 4.72. The van der Waals surface area contributed by atoms with E-state index in [0.717, 1.165) is 38.9 Å². The predicted molar refractivity (Wildman–Crippen MR) is 60.1 cm³/mol. The Morgan fingerprint density at radius 1 is 1.44 bits per heavy atom. The van der Waals surface area contributed by atoms with E-state index in [9.17, 15) is 4.79 Å². The van der Waals surface area contributed by atoms with Crippen LogP contribution in [0.3, 0.4) is 0 Å². The molecular formula is C12H21NO3. The maximum Gasteiger partial charge on any atom is 0.323 e. The molecule has 1 unspecified atom stereocenters. The molecule has 2 aliphatic rings. The summed E-state index contributed by atoms with van der Waals surface area (Å²) in [7, 11) is 1.46. The van der Waals surface area contributed by atoms with Crippen molar-refractivity contribution in [3.8, 4) is 0 Å². The van der Waals surface area contributed by atoms with Crippen molar-refractivity contribution in [1.82, 2.24) is 5.32 Å². The van der Waals surface area contributed by atoms with E-state index in [4.69, 9.17) is 9.47 Å². The summed E-state index contributed by atoms with van der Waals surface area (Å²) in [5.74, 6) is 0.363. The lowest BCUT2D eigenvalue weighted by Crippen LogP contribution is -2.55. The highest BCUT2D eigenvalue weighted by molar-refractivity contribution is 5.76. The molecule has 1 aliphatic heterocycles. The van der Waals surface area contributed by atoms with Gasteiger partial charge in [-0.25, -0.2) is 0 Å². The van der Waals surface area contributed by atoms with Crippen LogP contribution in [-0.4, -0.2) is 37.9 Å². The molecule has 1 saturated carbocycles. The van der Waals surface area contributed by atoms with Crippen molar-refractivity contribution in [2.75, 3.05) is 20.3 Å². The number of hydrogen-bond acceptors (Lipinski definition) is 4. The van der Waals surface area contributed by atoms with Gasteiger partial charge in [-0.1, -0.05) is 0 Å². The largest absolute Gasteiger partial charge is 0.468 e. The summed E-state index contributed by atoms with van der Waals surface area (Å²) in [6.45, 7) is 3.73. The first kappa shape index (κ1) is 11.9. The SMILES string of the molecule is COC(=O)C(NC1(C)CCOCC1)C1CC1.